The molecule has 0 bridgehead atoms. The number of amidine groups is 1. The van der Waals surface area contributed by atoms with E-state index >= 15 is 0 Å². The van der Waals surface area contributed by atoms with E-state index in [1.165, 1.54) is 12.1 Å². The third-order valence-corrected chi connectivity index (χ3v) is 5.66. The van der Waals surface area contributed by atoms with Crippen LogP contribution >= 0.6 is 0 Å². The smallest absolute Gasteiger partial charge is 0.200 e. The first-order valence-electron chi connectivity index (χ1n) is 10.3. The van der Waals surface area contributed by atoms with E-state index in [2.05, 4.69) is 27.2 Å². The van der Waals surface area contributed by atoms with Crippen molar-refractivity contribution < 1.29 is 8.81 Å². The molecule has 4 aromatic rings. The van der Waals surface area contributed by atoms with E-state index in [4.69, 9.17) is 4.42 Å². The molecule has 0 amide bonds. The van der Waals surface area contributed by atoms with Crippen molar-refractivity contribution in [2.24, 2.45) is 4.99 Å². The Kier molecular flexibility index (Phi) is 4.86. The number of H-pyrrole nitrogens is 1. The van der Waals surface area contributed by atoms with Crippen molar-refractivity contribution in [1.29, 1.82) is 0 Å². The Morgan fingerprint density at radius 3 is 2.94 bits per heavy atom. The fourth-order valence-corrected chi connectivity index (χ4v) is 4.06. The molecule has 1 unspecified atom stereocenters. The van der Waals surface area contributed by atoms with Crippen LogP contribution in [0.2, 0.25) is 0 Å². The summed E-state index contributed by atoms with van der Waals surface area (Å²) in [7, 11) is 0. The highest BCUT2D eigenvalue weighted by molar-refractivity contribution is 5.99. The van der Waals surface area contributed by atoms with Gasteiger partial charge in [0.15, 0.2) is 0 Å². The maximum Gasteiger partial charge on any atom is 0.200 e. The minimum atomic E-state index is -0.410. The molecule has 0 radical (unpaired) electrons. The number of imidazole rings is 1. The summed E-state index contributed by atoms with van der Waals surface area (Å²) in [6.07, 6.45) is 2.64. The summed E-state index contributed by atoms with van der Waals surface area (Å²) in [6.45, 7) is 3.00. The molecule has 3 heterocycles. The van der Waals surface area contributed by atoms with E-state index in [0.717, 1.165) is 17.8 Å². The average Bonchev–Trinajstić information content (AvgIpc) is 3.28. The number of halogens is 1. The fraction of sp³-hybridized carbons (Fsp3) is 0.208. The Balaban J connectivity index is 1.57. The minimum absolute atomic E-state index is 0.193. The first kappa shape index (κ1) is 19.2. The van der Waals surface area contributed by atoms with Crippen LogP contribution in [0.15, 0.2) is 69.1 Å². The summed E-state index contributed by atoms with van der Waals surface area (Å²) in [5, 5.41) is 3.74. The number of hydrogen-bond donors (Lipinski definition) is 2. The molecule has 0 spiro atoms. The number of benzene rings is 2. The molecule has 156 valence electrons. The number of aromatic nitrogens is 2. The summed E-state index contributed by atoms with van der Waals surface area (Å²) in [4.78, 5) is 25.6. The summed E-state index contributed by atoms with van der Waals surface area (Å²) in [5.41, 5.74) is 2.96. The SMILES string of the molecule is CCC1CN=C(NCc2oc3ccccc3c(=O)c2-c2cccc(F)c2)c2nc[nH]c21. The molecule has 2 aromatic heterocycles. The standard InChI is InChI=1S/C24H21FN4O2/c1-2-14-11-26-24(22-21(14)28-13-29-22)27-12-19-20(15-6-5-7-16(25)10-15)23(30)17-8-3-4-9-18(17)31-19/h3-10,13-14H,2,11-12H2,1H3,(H,26,27)(H,28,29). The highest BCUT2D eigenvalue weighted by Gasteiger charge is 2.25. The van der Waals surface area contributed by atoms with Crippen LogP contribution in [0.1, 0.15) is 36.4 Å². The number of aromatic amines is 1. The van der Waals surface area contributed by atoms with Crippen LogP contribution < -0.4 is 10.7 Å². The monoisotopic (exact) mass is 416 g/mol. The molecule has 1 atom stereocenters. The Morgan fingerprint density at radius 1 is 1.23 bits per heavy atom. The Bertz CT molecular complexity index is 1360. The highest BCUT2D eigenvalue weighted by Crippen LogP contribution is 2.27. The van der Waals surface area contributed by atoms with E-state index in [1.807, 2.05) is 6.07 Å². The second-order valence-electron chi connectivity index (χ2n) is 7.55. The summed E-state index contributed by atoms with van der Waals surface area (Å²) < 4.78 is 20.0. The zero-order valence-corrected chi connectivity index (χ0v) is 17.0. The average molecular weight is 416 g/mol. The lowest BCUT2D eigenvalue weighted by Crippen LogP contribution is -2.30. The molecule has 2 N–H and O–H groups in total. The van der Waals surface area contributed by atoms with Gasteiger partial charge in [-0.15, -0.1) is 0 Å². The predicted octanol–water partition coefficient (Wildman–Crippen LogP) is 4.37. The topological polar surface area (TPSA) is 83.3 Å². The van der Waals surface area contributed by atoms with Crippen LogP contribution in [-0.2, 0) is 6.54 Å². The van der Waals surface area contributed by atoms with Crippen LogP contribution in [0, 0.1) is 5.82 Å². The molecule has 6 nitrogen and oxygen atoms in total. The zero-order valence-electron chi connectivity index (χ0n) is 17.0. The van der Waals surface area contributed by atoms with Gasteiger partial charge in [0, 0.05) is 12.5 Å². The van der Waals surface area contributed by atoms with Gasteiger partial charge in [-0.05, 0) is 36.2 Å². The van der Waals surface area contributed by atoms with Gasteiger partial charge < -0.3 is 14.7 Å². The Hall–Kier alpha value is -3.74. The second-order valence-corrected chi connectivity index (χ2v) is 7.55. The summed E-state index contributed by atoms with van der Waals surface area (Å²) >= 11 is 0. The van der Waals surface area contributed by atoms with E-state index in [0.29, 0.717) is 46.2 Å². The normalized spacial score (nSPS) is 15.5. The van der Waals surface area contributed by atoms with Gasteiger partial charge in [-0.2, -0.15) is 0 Å². The lowest BCUT2D eigenvalue weighted by Gasteiger charge is -2.20. The molecule has 5 rings (SSSR count). The van der Waals surface area contributed by atoms with Crippen LogP contribution in [0.4, 0.5) is 4.39 Å². The number of nitrogens with zero attached hydrogens (tertiary/aromatic N) is 2. The van der Waals surface area contributed by atoms with Crippen molar-refractivity contribution in [3.05, 3.63) is 88.0 Å². The lowest BCUT2D eigenvalue weighted by atomic mass is 9.98. The maximum absolute atomic E-state index is 13.9. The number of hydrogen-bond acceptors (Lipinski definition) is 5. The molecular weight excluding hydrogens is 395 g/mol. The van der Waals surface area contributed by atoms with Crippen molar-refractivity contribution in [3.63, 3.8) is 0 Å². The molecule has 1 aliphatic rings. The third kappa shape index (κ3) is 3.42. The Morgan fingerprint density at radius 2 is 2.10 bits per heavy atom. The van der Waals surface area contributed by atoms with Gasteiger partial charge in [-0.3, -0.25) is 9.79 Å². The van der Waals surface area contributed by atoms with E-state index in [9.17, 15) is 9.18 Å². The van der Waals surface area contributed by atoms with E-state index in [-0.39, 0.29) is 12.0 Å². The van der Waals surface area contributed by atoms with Crippen LogP contribution in [0.3, 0.4) is 0 Å². The number of nitrogens with one attached hydrogen (secondary N) is 2. The van der Waals surface area contributed by atoms with Crippen LogP contribution in [0.25, 0.3) is 22.1 Å². The van der Waals surface area contributed by atoms with E-state index < -0.39 is 5.82 Å². The second kappa shape index (κ2) is 7.83. The quantitative estimate of drug-likeness (QED) is 0.518. The largest absolute Gasteiger partial charge is 0.458 e. The van der Waals surface area contributed by atoms with E-state index in [1.54, 1.807) is 36.7 Å². The van der Waals surface area contributed by atoms with Crippen molar-refractivity contribution in [2.75, 3.05) is 6.54 Å². The van der Waals surface area contributed by atoms with Gasteiger partial charge in [-0.1, -0.05) is 31.2 Å². The minimum Gasteiger partial charge on any atom is -0.458 e. The van der Waals surface area contributed by atoms with Crippen LogP contribution in [-0.4, -0.2) is 22.3 Å². The zero-order chi connectivity index (χ0) is 21.4. The Labute approximate surface area is 177 Å². The lowest BCUT2D eigenvalue weighted by molar-refractivity contribution is 0.529. The molecule has 1 aliphatic heterocycles. The molecule has 0 fully saturated rings. The number of rotatable bonds is 4. The predicted molar refractivity (Wildman–Crippen MR) is 118 cm³/mol. The fourth-order valence-electron chi connectivity index (χ4n) is 4.06. The molecule has 2 aromatic carbocycles. The molecule has 31 heavy (non-hydrogen) atoms. The number of para-hydroxylation sites is 1. The molecule has 0 saturated carbocycles. The maximum atomic E-state index is 13.9. The number of aliphatic imine (C=N–C) groups is 1. The first-order chi connectivity index (χ1) is 15.2. The van der Waals surface area contributed by atoms with Crippen molar-refractivity contribution in [3.8, 4) is 11.1 Å². The van der Waals surface area contributed by atoms with Crippen molar-refractivity contribution in [1.82, 2.24) is 15.3 Å². The first-order valence-corrected chi connectivity index (χ1v) is 10.3. The molecule has 0 aliphatic carbocycles. The van der Waals surface area contributed by atoms with Gasteiger partial charge in [0.25, 0.3) is 0 Å². The van der Waals surface area contributed by atoms with Crippen LogP contribution in [0.5, 0.6) is 0 Å². The van der Waals surface area contributed by atoms with Gasteiger partial charge in [0.05, 0.1) is 29.5 Å². The van der Waals surface area contributed by atoms with Crippen molar-refractivity contribution in [2.45, 2.75) is 25.8 Å². The molecular formula is C24H21FN4O2. The molecule has 0 saturated heterocycles. The van der Waals surface area contributed by atoms with Gasteiger partial charge in [0.2, 0.25) is 5.43 Å². The summed E-state index contributed by atoms with van der Waals surface area (Å²) in [6, 6.07) is 13.1. The molecule has 7 heteroatoms. The highest BCUT2D eigenvalue weighted by atomic mass is 19.1. The van der Waals surface area contributed by atoms with Gasteiger partial charge in [-0.25, -0.2) is 9.37 Å². The van der Waals surface area contributed by atoms with Crippen molar-refractivity contribution >= 4 is 16.8 Å². The third-order valence-electron chi connectivity index (χ3n) is 5.66. The summed E-state index contributed by atoms with van der Waals surface area (Å²) in [5.74, 6) is 0.977. The van der Waals surface area contributed by atoms with Gasteiger partial charge >= 0.3 is 0 Å². The number of fused-ring (bicyclic) bond motifs is 2. The van der Waals surface area contributed by atoms with Gasteiger partial charge in [0.1, 0.15) is 28.7 Å².